The molecule has 0 bridgehead atoms. The van der Waals surface area contributed by atoms with Crippen LogP contribution in [-0.2, 0) is 11.8 Å². The Labute approximate surface area is 258 Å². The molecular formula is C34H40N8O2. The number of piperidine rings is 1. The second-order valence-electron chi connectivity index (χ2n) is 11.5. The second-order valence-corrected chi connectivity index (χ2v) is 11.5. The Hall–Kier alpha value is -4.63. The molecular weight excluding hydrogens is 552 g/mol. The number of likely N-dealkylation sites (N-methyl/N-ethyl adjacent to an activating group) is 1. The van der Waals surface area contributed by atoms with Gasteiger partial charge >= 0.3 is 0 Å². The summed E-state index contributed by atoms with van der Waals surface area (Å²) in [6, 6.07) is 14.6. The number of para-hydroxylation sites is 1. The maximum atomic E-state index is 12.7. The third-order valence-electron chi connectivity index (χ3n) is 8.74. The third-order valence-corrected chi connectivity index (χ3v) is 8.74. The van der Waals surface area contributed by atoms with Crippen molar-refractivity contribution >= 4 is 39.8 Å². The lowest BCUT2D eigenvalue weighted by Crippen LogP contribution is -2.52. The van der Waals surface area contributed by atoms with Crippen LogP contribution in [0.4, 0.5) is 23.0 Å². The molecule has 2 aliphatic heterocycles. The number of methoxy groups -OCH3 is 1. The molecule has 2 fully saturated rings. The molecule has 10 heteroatoms. The first kappa shape index (κ1) is 29.4. The van der Waals surface area contributed by atoms with E-state index in [0.717, 1.165) is 80.0 Å². The van der Waals surface area contributed by atoms with Gasteiger partial charge in [-0.05, 0) is 38.1 Å². The summed E-state index contributed by atoms with van der Waals surface area (Å²) in [5.74, 6) is 0.772. The highest BCUT2D eigenvalue weighted by atomic mass is 16.5. The van der Waals surface area contributed by atoms with Gasteiger partial charge < -0.3 is 29.7 Å². The van der Waals surface area contributed by atoms with Gasteiger partial charge in [0.15, 0.2) is 0 Å². The van der Waals surface area contributed by atoms with Crippen LogP contribution in [0.25, 0.3) is 22.2 Å². The van der Waals surface area contributed by atoms with Gasteiger partial charge in [0.05, 0.1) is 29.9 Å². The number of amides is 1. The van der Waals surface area contributed by atoms with Crippen molar-refractivity contribution < 1.29 is 9.53 Å². The Balaban J connectivity index is 1.27. The highest BCUT2D eigenvalue weighted by Crippen LogP contribution is 2.40. The van der Waals surface area contributed by atoms with E-state index in [4.69, 9.17) is 9.72 Å². The van der Waals surface area contributed by atoms with E-state index in [1.54, 1.807) is 13.3 Å². The summed E-state index contributed by atoms with van der Waals surface area (Å²) in [5, 5.41) is 7.50. The largest absolute Gasteiger partial charge is 0.494 e. The van der Waals surface area contributed by atoms with Crippen LogP contribution < -0.4 is 20.3 Å². The summed E-state index contributed by atoms with van der Waals surface area (Å²) < 4.78 is 7.95. The van der Waals surface area contributed by atoms with Gasteiger partial charge in [0.25, 0.3) is 5.91 Å². The normalized spacial score (nSPS) is 16.5. The second kappa shape index (κ2) is 12.9. The molecule has 2 saturated heterocycles. The Bertz CT molecular complexity index is 1690. The minimum absolute atomic E-state index is 0.293. The van der Waals surface area contributed by atoms with Crippen molar-refractivity contribution in [3.05, 3.63) is 73.2 Å². The van der Waals surface area contributed by atoms with E-state index in [1.807, 2.05) is 37.4 Å². The van der Waals surface area contributed by atoms with Gasteiger partial charge in [-0.25, -0.2) is 9.97 Å². The Morgan fingerprint density at radius 3 is 2.57 bits per heavy atom. The number of hydrogen-bond donors (Lipinski definition) is 2. The van der Waals surface area contributed by atoms with Crippen LogP contribution in [0.3, 0.4) is 0 Å². The summed E-state index contributed by atoms with van der Waals surface area (Å²) in [6.45, 7) is 9.82. The number of carbonyl (C=O) groups is 1. The lowest BCUT2D eigenvalue weighted by Gasteiger charge is -2.43. The quantitative estimate of drug-likeness (QED) is 0.221. The lowest BCUT2D eigenvalue weighted by atomic mass is 10.0. The summed E-state index contributed by atoms with van der Waals surface area (Å²) in [6.07, 6.45) is 7.27. The monoisotopic (exact) mass is 592 g/mol. The predicted octanol–water partition coefficient (Wildman–Crippen LogP) is 4.88. The Morgan fingerprint density at radius 1 is 1.05 bits per heavy atom. The standard InChI is InChI=1S/C34H40N8O2/c1-5-8-33(43)36-28-21-29(38-34-35-14-11-27(37-34)26-23-40(3)30-10-7-6-9-25(26)30)32(44-4)22-31(28)42-15-12-24(13-16-42)41-19-17-39(2)18-20-41/h6-11,14,21-24H,1,12-13,15-20H2,2-4H3,(H,36,43)(H,35,37,38). The molecule has 0 unspecified atom stereocenters. The number of carbonyl (C=O) groups excluding carboxylic acids is 1. The number of ether oxygens (including phenoxy) is 1. The SMILES string of the molecule is C=C=CC(=O)Nc1cc(Nc2nccc(-c3cn(C)c4ccccc34)n2)c(OC)cc1N1CCC(N2CCN(C)CC2)CC1. The van der Waals surface area contributed by atoms with E-state index in [2.05, 4.69) is 72.6 Å². The molecule has 4 heterocycles. The number of benzene rings is 2. The maximum absolute atomic E-state index is 12.7. The minimum Gasteiger partial charge on any atom is -0.494 e. The van der Waals surface area contributed by atoms with Crippen molar-refractivity contribution in [1.29, 1.82) is 0 Å². The van der Waals surface area contributed by atoms with E-state index in [1.165, 1.54) is 6.08 Å². The number of anilines is 4. The molecule has 0 spiro atoms. The highest BCUT2D eigenvalue weighted by Gasteiger charge is 2.28. The van der Waals surface area contributed by atoms with Crippen molar-refractivity contribution in [2.75, 3.05) is 69.0 Å². The fourth-order valence-corrected chi connectivity index (χ4v) is 6.35. The molecule has 2 aromatic heterocycles. The van der Waals surface area contributed by atoms with Crippen LogP contribution in [0.5, 0.6) is 5.75 Å². The van der Waals surface area contributed by atoms with Gasteiger partial charge in [0.2, 0.25) is 5.95 Å². The van der Waals surface area contributed by atoms with Crippen molar-refractivity contribution in [3.63, 3.8) is 0 Å². The van der Waals surface area contributed by atoms with Crippen molar-refractivity contribution in [2.24, 2.45) is 7.05 Å². The smallest absolute Gasteiger partial charge is 0.256 e. The Morgan fingerprint density at radius 2 is 1.82 bits per heavy atom. The minimum atomic E-state index is -0.293. The van der Waals surface area contributed by atoms with E-state index >= 15 is 0 Å². The van der Waals surface area contributed by atoms with Gasteiger partial charge in [0.1, 0.15) is 5.75 Å². The van der Waals surface area contributed by atoms with Crippen LogP contribution in [-0.4, -0.2) is 89.7 Å². The first-order chi connectivity index (χ1) is 21.4. The zero-order chi connectivity index (χ0) is 30.6. The molecule has 0 saturated carbocycles. The Kier molecular flexibility index (Phi) is 8.65. The molecule has 44 heavy (non-hydrogen) atoms. The van der Waals surface area contributed by atoms with E-state index in [-0.39, 0.29) is 5.91 Å². The van der Waals surface area contributed by atoms with Gasteiger partial charge in [-0.15, -0.1) is 5.73 Å². The van der Waals surface area contributed by atoms with Crippen LogP contribution in [0.1, 0.15) is 12.8 Å². The van der Waals surface area contributed by atoms with E-state index < -0.39 is 0 Å². The zero-order valence-corrected chi connectivity index (χ0v) is 25.7. The predicted molar refractivity (Wildman–Crippen MR) is 177 cm³/mol. The van der Waals surface area contributed by atoms with Crippen LogP contribution in [0.15, 0.2) is 73.2 Å². The van der Waals surface area contributed by atoms with Crippen molar-refractivity contribution in [3.8, 4) is 17.0 Å². The van der Waals surface area contributed by atoms with Gasteiger partial charge in [-0.3, -0.25) is 9.69 Å². The molecule has 0 radical (unpaired) electrons. The maximum Gasteiger partial charge on any atom is 0.256 e. The molecule has 2 aliphatic rings. The fourth-order valence-electron chi connectivity index (χ4n) is 6.35. The summed E-state index contributed by atoms with van der Waals surface area (Å²) in [4.78, 5) is 29.4. The molecule has 0 atom stereocenters. The first-order valence-electron chi connectivity index (χ1n) is 15.1. The molecule has 2 aromatic carbocycles. The molecule has 228 valence electrons. The zero-order valence-electron chi connectivity index (χ0n) is 25.7. The fraction of sp³-hybridized carbons (Fsp3) is 0.353. The number of piperazine rings is 1. The summed E-state index contributed by atoms with van der Waals surface area (Å²) >= 11 is 0. The number of aryl methyl sites for hydroxylation is 1. The topological polar surface area (TPSA) is 90.8 Å². The van der Waals surface area contributed by atoms with Crippen molar-refractivity contribution in [1.82, 2.24) is 24.3 Å². The molecule has 0 aliphatic carbocycles. The first-order valence-corrected chi connectivity index (χ1v) is 15.1. The van der Waals surface area contributed by atoms with Crippen LogP contribution in [0, 0.1) is 0 Å². The molecule has 4 aromatic rings. The number of nitrogens with zero attached hydrogens (tertiary/aromatic N) is 6. The highest BCUT2D eigenvalue weighted by molar-refractivity contribution is 6.02. The van der Waals surface area contributed by atoms with E-state index in [0.29, 0.717) is 29.1 Å². The number of hydrogen-bond acceptors (Lipinski definition) is 8. The summed E-state index contributed by atoms with van der Waals surface area (Å²) in [5.41, 5.74) is 7.78. The third kappa shape index (κ3) is 6.19. The molecule has 2 N–H and O–H groups in total. The number of nitrogens with one attached hydrogen (secondary N) is 2. The van der Waals surface area contributed by atoms with Gasteiger partial charge in [0, 0.05) is 93.4 Å². The van der Waals surface area contributed by atoms with Gasteiger partial charge in [-0.2, -0.15) is 0 Å². The lowest BCUT2D eigenvalue weighted by molar-refractivity contribution is -0.111. The van der Waals surface area contributed by atoms with Crippen LogP contribution >= 0.6 is 0 Å². The molecule has 10 nitrogen and oxygen atoms in total. The average Bonchev–Trinajstić information content (AvgIpc) is 3.38. The van der Waals surface area contributed by atoms with Gasteiger partial charge in [-0.1, -0.05) is 24.8 Å². The summed E-state index contributed by atoms with van der Waals surface area (Å²) in [7, 11) is 5.87. The van der Waals surface area contributed by atoms with E-state index in [9.17, 15) is 4.79 Å². The number of fused-ring (bicyclic) bond motifs is 1. The molecule has 6 rings (SSSR count). The number of aromatic nitrogens is 3. The molecule has 1 amide bonds. The average molecular weight is 593 g/mol. The number of rotatable bonds is 8. The van der Waals surface area contributed by atoms with Crippen molar-refractivity contribution in [2.45, 2.75) is 18.9 Å². The van der Waals surface area contributed by atoms with Crippen LogP contribution in [0.2, 0.25) is 0 Å².